The van der Waals surface area contributed by atoms with Gasteiger partial charge >= 0.3 is 5.97 Å². The van der Waals surface area contributed by atoms with Crippen molar-refractivity contribution in [3.8, 4) is 11.6 Å². The highest BCUT2D eigenvalue weighted by atomic mass is 32.2. The van der Waals surface area contributed by atoms with Crippen molar-refractivity contribution < 1.29 is 13.9 Å². The first-order valence-corrected chi connectivity index (χ1v) is 8.11. The quantitative estimate of drug-likeness (QED) is 0.306. The van der Waals surface area contributed by atoms with Crippen LogP contribution in [0.15, 0.2) is 40.6 Å². The second kappa shape index (κ2) is 8.43. The summed E-state index contributed by atoms with van der Waals surface area (Å²) in [6.45, 7) is 6.59. The van der Waals surface area contributed by atoms with E-state index in [4.69, 9.17) is 9.15 Å². The van der Waals surface area contributed by atoms with E-state index in [9.17, 15) is 4.79 Å². The number of hydrogen-bond acceptors (Lipinski definition) is 6. The molecule has 0 aliphatic rings. The maximum Gasteiger partial charge on any atom is 0.305 e. The highest BCUT2D eigenvalue weighted by molar-refractivity contribution is 7.99. The number of aromatic nitrogens is 3. The van der Waals surface area contributed by atoms with Crippen molar-refractivity contribution in [2.75, 3.05) is 12.4 Å². The molecule has 0 saturated carbocycles. The summed E-state index contributed by atoms with van der Waals surface area (Å²) in [4.78, 5) is 11.3. The molecule has 0 aliphatic heterocycles. The lowest BCUT2D eigenvalue weighted by molar-refractivity contribution is -0.143. The van der Waals surface area contributed by atoms with E-state index >= 15 is 0 Å². The van der Waals surface area contributed by atoms with E-state index in [-0.39, 0.29) is 5.97 Å². The van der Waals surface area contributed by atoms with Crippen LogP contribution in [0, 0.1) is 0 Å². The van der Waals surface area contributed by atoms with Crippen LogP contribution >= 0.6 is 11.8 Å². The summed E-state index contributed by atoms with van der Waals surface area (Å²) >= 11 is 1.56. The molecule has 2 aromatic rings. The minimum absolute atomic E-state index is 0.160. The van der Waals surface area contributed by atoms with Gasteiger partial charge < -0.3 is 9.15 Å². The average molecular weight is 321 g/mol. The number of thioether (sulfide) groups is 1. The maximum absolute atomic E-state index is 11.3. The fraction of sp³-hybridized carbons (Fsp3) is 0.400. The van der Waals surface area contributed by atoms with Crippen molar-refractivity contribution in [2.24, 2.45) is 0 Å². The smallest absolute Gasteiger partial charge is 0.305 e. The Morgan fingerprint density at radius 1 is 1.55 bits per heavy atom. The summed E-state index contributed by atoms with van der Waals surface area (Å²) in [5, 5.41) is 9.16. The van der Waals surface area contributed by atoms with E-state index in [1.165, 1.54) is 0 Å². The zero-order valence-electron chi connectivity index (χ0n) is 12.5. The molecule has 0 saturated heterocycles. The Morgan fingerprint density at radius 3 is 3.09 bits per heavy atom. The van der Waals surface area contributed by atoms with Crippen molar-refractivity contribution in [1.29, 1.82) is 0 Å². The van der Waals surface area contributed by atoms with Gasteiger partial charge in [-0.25, -0.2) is 0 Å². The number of hydrogen-bond donors (Lipinski definition) is 0. The topological polar surface area (TPSA) is 70.2 Å². The standard InChI is InChI=1S/C15H19N3O3S/c1-3-9-18-14(12-7-5-10-21-12)16-17-15(18)22-11-6-8-13(19)20-4-2/h3,5,7,10H,1,4,6,8-9,11H2,2H3. The molecular weight excluding hydrogens is 302 g/mol. The summed E-state index contributed by atoms with van der Waals surface area (Å²) in [6.07, 6.45) is 4.55. The number of carbonyl (C=O) groups is 1. The van der Waals surface area contributed by atoms with E-state index in [0.29, 0.717) is 31.2 Å². The second-order valence-electron chi connectivity index (χ2n) is 4.44. The van der Waals surface area contributed by atoms with Gasteiger partial charge in [0.15, 0.2) is 10.9 Å². The van der Waals surface area contributed by atoms with Gasteiger partial charge in [0.05, 0.1) is 12.9 Å². The molecule has 2 heterocycles. The Labute approximate surface area is 133 Å². The second-order valence-corrected chi connectivity index (χ2v) is 5.50. The first-order chi connectivity index (χ1) is 10.8. The predicted molar refractivity (Wildman–Crippen MR) is 84.5 cm³/mol. The third kappa shape index (κ3) is 4.24. The number of nitrogens with zero attached hydrogens (tertiary/aromatic N) is 3. The molecule has 0 aliphatic carbocycles. The van der Waals surface area contributed by atoms with Gasteiger partial charge in [0, 0.05) is 18.7 Å². The molecule has 6 nitrogen and oxygen atoms in total. The van der Waals surface area contributed by atoms with Gasteiger partial charge in [-0.3, -0.25) is 9.36 Å². The number of esters is 1. The lowest BCUT2D eigenvalue weighted by Crippen LogP contribution is -2.04. The minimum Gasteiger partial charge on any atom is -0.466 e. The third-order valence-corrected chi connectivity index (χ3v) is 3.88. The largest absolute Gasteiger partial charge is 0.466 e. The minimum atomic E-state index is -0.160. The SMILES string of the molecule is C=CCn1c(SCCCC(=O)OCC)nnc1-c1ccco1. The normalized spacial score (nSPS) is 10.6. The molecule has 22 heavy (non-hydrogen) atoms. The van der Waals surface area contributed by atoms with Crippen molar-refractivity contribution in [3.63, 3.8) is 0 Å². The van der Waals surface area contributed by atoms with E-state index in [2.05, 4.69) is 16.8 Å². The molecule has 0 aromatic carbocycles. The van der Waals surface area contributed by atoms with Gasteiger partial charge in [0.2, 0.25) is 5.82 Å². The van der Waals surface area contributed by atoms with Gasteiger partial charge in [0.1, 0.15) is 0 Å². The summed E-state index contributed by atoms with van der Waals surface area (Å²) in [6, 6.07) is 3.66. The van der Waals surface area contributed by atoms with E-state index in [0.717, 1.165) is 17.3 Å². The summed E-state index contributed by atoms with van der Waals surface area (Å²) in [5.74, 6) is 1.96. The summed E-state index contributed by atoms with van der Waals surface area (Å²) < 4.78 is 12.2. The molecule has 0 atom stereocenters. The molecule has 0 spiro atoms. The lowest BCUT2D eigenvalue weighted by Gasteiger charge is -2.06. The molecule has 0 amide bonds. The van der Waals surface area contributed by atoms with Crippen LogP contribution in [0.5, 0.6) is 0 Å². The molecule has 2 rings (SSSR count). The van der Waals surface area contributed by atoms with Crippen molar-refractivity contribution in [1.82, 2.24) is 14.8 Å². The fourth-order valence-corrected chi connectivity index (χ4v) is 2.78. The molecule has 0 unspecified atom stereocenters. The van der Waals surface area contributed by atoms with Crippen LogP contribution in [-0.4, -0.2) is 33.1 Å². The molecule has 0 fully saturated rings. The fourth-order valence-electron chi connectivity index (χ4n) is 1.89. The molecule has 7 heteroatoms. The summed E-state index contributed by atoms with van der Waals surface area (Å²) in [7, 11) is 0. The van der Waals surface area contributed by atoms with Crippen LogP contribution in [0.1, 0.15) is 19.8 Å². The number of allylic oxidation sites excluding steroid dienone is 1. The number of carbonyl (C=O) groups excluding carboxylic acids is 1. The Kier molecular flexibility index (Phi) is 6.27. The van der Waals surface area contributed by atoms with Crippen LogP contribution in [-0.2, 0) is 16.1 Å². The van der Waals surface area contributed by atoms with Crippen LogP contribution in [0.25, 0.3) is 11.6 Å². The molecule has 0 bridgehead atoms. The zero-order valence-corrected chi connectivity index (χ0v) is 13.3. The number of rotatable bonds is 9. The van der Waals surface area contributed by atoms with E-state index in [1.54, 1.807) is 31.0 Å². The van der Waals surface area contributed by atoms with Crippen LogP contribution in [0.2, 0.25) is 0 Å². The average Bonchev–Trinajstić information content (AvgIpc) is 3.14. The Balaban J connectivity index is 1.96. The van der Waals surface area contributed by atoms with Crippen LogP contribution in [0.3, 0.4) is 0 Å². The first kappa shape index (κ1) is 16.4. The highest BCUT2D eigenvalue weighted by Crippen LogP contribution is 2.25. The van der Waals surface area contributed by atoms with Crippen molar-refractivity contribution in [2.45, 2.75) is 31.5 Å². The van der Waals surface area contributed by atoms with Crippen molar-refractivity contribution >= 4 is 17.7 Å². The zero-order chi connectivity index (χ0) is 15.8. The Hall–Kier alpha value is -2.02. The molecule has 0 N–H and O–H groups in total. The highest BCUT2D eigenvalue weighted by Gasteiger charge is 2.15. The maximum atomic E-state index is 11.3. The molecule has 118 valence electrons. The third-order valence-electron chi connectivity index (χ3n) is 2.83. The molecule has 2 aromatic heterocycles. The summed E-state index contributed by atoms with van der Waals surface area (Å²) in [5.41, 5.74) is 0. The monoisotopic (exact) mass is 321 g/mol. The Morgan fingerprint density at radius 2 is 2.41 bits per heavy atom. The molecule has 0 radical (unpaired) electrons. The van der Waals surface area contributed by atoms with Crippen LogP contribution in [0.4, 0.5) is 0 Å². The van der Waals surface area contributed by atoms with Gasteiger partial charge in [-0.2, -0.15) is 0 Å². The van der Waals surface area contributed by atoms with Crippen molar-refractivity contribution in [3.05, 3.63) is 31.1 Å². The lowest BCUT2D eigenvalue weighted by atomic mass is 10.3. The van der Waals surface area contributed by atoms with Gasteiger partial charge in [-0.05, 0) is 25.5 Å². The predicted octanol–water partition coefficient (Wildman–Crippen LogP) is 3.16. The Bertz CT molecular complexity index is 608. The number of ether oxygens (including phenoxy) is 1. The van der Waals surface area contributed by atoms with Gasteiger partial charge in [-0.1, -0.05) is 17.8 Å². The van der Waals surface area contributed by atoms with Gasteiger partial charge in [0.25, 0.3) is 0 Å². The number of furan rings is 1. The molecular formula is C15H19N3O3S. The van der Waals surface area contributed by atoms with Gasteiger partial charge in [-0.15, -0.1) is 16.8 Å². The van der Waals surface area contributed by atoms with E-state index in [1.807, 2.05) is 16.7 Å². The van der Waals surface area contributed by atoms with Crippen LogP contribution < -0.4 is 0 Å². The first-order valence-electron chi connectivity index (χ1n) is 7.12. The van der Waals surface area contributed by atoms with E-state index < -0.39 is 0 Å².